The molecule has 7 heteroatoms. The van der Waals surface area contributed by atoms with Gasteiger partial charge in [-0.1, -0.05) is 28.1 Å². The second-order valence-electron chi connectivity index (χ2n) is 6.87. The van der Waals surface area contributed by atoms with Crippen LogP contribution in [-0.2, 0) is 7.05 Å². The van der Waals surface area contributed by atoms with Gasteiger partial charge >= 0.3 is 0 Å². The highest BCUT2D eigenvalue weighted by molar-refractivity contribution is 9.10. The van der Waals surface area contributed by atoms with Gasteiger partial charge in [0.25, 0.3) is 0 Å². The van der Waals surface area contributed by atoms with Gasteiger partial charge in [-0.3, -0.25) is 9.67 Å². The molecule has 0 aliphatic carbocycles. The number of fused-ring (bicyclic) bond motifs is 1. The molecular weight excluding hydrogens is 434 g/mol. The number of hydrogen-bond acceptors (Lipinski definition) is 5. The summed E-state index contributed by atoms with van der Waals surface area (Å²) in [5, 5.41) is 17.7. The van der Waals surface area contributed by atoms with Crippen molar-refractivity contribution in [3.8, 4) is 17.5 Å². The summed E-state index contributed by atoms with van der Waals surface area (Å²) in [6.07, 6.45) is 2.26. The monoisotopic (exact) mass is 453 g/mol. The fourth-order valence-corrected chi connectivity index (χ4v) is 5.52. The van der Waals surface area contributed by atoms with E-state index >= 15 is 0 Å². The highest BCUT2D eigenvalue weighted by Gasteiger charge is 2.32. The number of pyridine rings is 1. The van der Waals surface area contributed by atoms with E-state index in [1.165, 1.54) is 11.1 Å². The van der Waals surface area contributed by atoms with Crippen molar-refractivity contribution in [3.63, 3.8) is 0 Å². The summed E-state index contributed by atoms with van der Waals surface area (Å²) in [7, 11) is 1.95. The predicted octanol–water partition coefficient (Wildman–Crippen LogP) is 5.08. The van der Waals surface area contributed by atoms with Gasteiger partial charge in [-0.15, -0.1) is 11.8 Å². The molecule has 0 saturated carbocycles. The van der Waals surface area contributed by atoms with E-state index < -0.39 is 0 Å². The summed E-state index contributed by atoms with van der Waals surface area (Å²) in [4.78, 5) is 4.55. The third-order valence-electron chi connectivity index (χ3n) is 4.91. The van der Waals surface area contributed by atoms with E-state index in [0.717, 1.165) is 33.0 Å². The molecule has 2 unspecified atom stereocenters. The molecule has 5 nitrogen and oxygen atoms in total. The lowest BCUT2D eigenvalue weighted by atomic mass is 9.98. The first-order chi connectivity index (χ1) is 13.6. The highest BCUT2D eigenvalue weighted by Crippen LogP contribution is 2.47. The highest BCUT2D eigenvalue weighted by atomic mass is 79.9. The summed E-state index contributed by atoms with van der Waals surface area (Å²) >= 11 is 5.43. The fraction of sp³-hybridized carbons (Fsp3) is 0.286. The molecule has 2 aromatic heterocycles. The molecule has 28 heavy (non-hydrogen) atoms. The number of nitriles is 1. The van der Waals surface area contributed by atoms with Gasteiger partial charge in [-0.2, -0.15) is 10.4 Å². The van der Waals surface area contributed by atoms with E-state index in [4.69, 9.17) is 5.10 Å². The minimum atomic E-state index is 0.0847. The quantitative estimate of drug-likeness (QED) is 0.598. The van der Waals surface area contributed by atoms with Gasteiger partial charge in [0, 0.05) is 35.1 Å². The van der Waals surface area contributed by atoms with Crippen molar-refractivity contribution in [1.82, 2.24) is 14.8 Å². The predicted molar refractivity (Wildman–Crippen MR) is 117 cm³/mol. The van der Waals surface area contributed by atoms with E-state index in [-0.39, 0.29) is 11.3 Å². The van der Waals surface area contributed by atoms with Crippen LogP contribution >= 0.6 is 27.7 Å². The maximum atomic E-state index is 9.23. The Bertz CT molecular complexity index is 1040. The molecule has 1 aliphatic heterocycles. The Kier molecular flexibility index (Phi) is 5.42. The van der Waals surface area contributed by atoms with E-state index in [1.54, 1.807) is 6.20 Å². The second kappa shape index (κ2) is 7.98. The molecule has 0 radical (unpaired) electrons. The minimum absolute atomic E-state index is 0.0847. The Balaban J connectivity index is 1.91. The van der Waals surface area contributed by atoms with Crippen LogP contribution < -0.4 is 5.32 Å². The molecule has 0 amide bonds. The number of nitrogens with zero attached hydrogens (tertiary/aromatic N) is 4. The first-order valence-electron chi connectivity index (χ1n) is 9.08. The zero-order valence-corrected chi connectivity index (χ0v) is 18.1. The van der Waals surface area contributed by atoms with Crippen molar-refractivity contribution in [2.24, 2.45) is 7.05 Å². The molecule has 2 atom stereocenters. The van der Waals surface area contributed by atoms with Crippen molar-refractivity contribution in [2.45, 2.75) is 24.6 Å². The SMILES string of the molecule is Cc1cc(Br)ccc1C1SCC(CC#N)Nc2c1c(-c1ccccn1)nn2C. The van der Waals surface area contributed by atoms with E-state index in [1.807, 2.05) is 41.7 Å². The van der Waals surface area contributed by atoms with E-state index in [9.17, 15) is 5.26 Å². The number of anilines is 1. The molecule has 142 valence electrons. The Morgan fingerprint density at radius 3 is 2.93 bits per heavy atom. The van der Waals surface area contributed by atoms with Crippen molar-refractivity contribution in [1.29, 1.82) is 5.26 Å². The van der Waals surface area contributed by atoms with Crippen LogP contribution in [0.4, 0.5) is 5.82 Å². The van der Waals surface area contributed by atoms with Crippen LogP contribution in [0, 0.1) is 18.3 Å². The van der Waals surface area contributed by atoms with Gasteiger partial charge in [0.2, 0.25) is 0 Å². The Labute approximate surface area is 177 Å². The maximum Gasteiger partial charge on any atom is 0.129 e. The Morgan fingerprint density at radius 2 is 2.21 bits per heavy atom. The smallest absolute Gasteiger partial charge is 0.129 e. The molecule has 4 rings (SSSR count). The number of rotatable bonds is 3. The number of hydrogen-bond donors (Lipinski definition) is 1. The molecule has 0 spiro atoms. The number of aromatic nitrogens is 3. The normalized spacial score (nSPS) is 18.6. The lowest BCUT2D eigenvalue weighted by molar-refractivity contribution is 0.744. The van der Waals surface area contributed by atoms with Gasteiger partial charge < -0.3 is 5.32 Å². The average Bonchev–Trinajstić information content (AvgIpc) is 2.88. The lowest BCUT2D eigenvalue weighted by Gasteiger charge is -2.19. The third-order valence-corrected chi connectivity index (χ3v) is 6.82. The number of halogens is 1. The number of aryl methyl sites for hydroxylation is 2. The van der Waals surface area contributed by atoms with Crippen LogP contribution in [0.2, 0.25) is 0 Å². The van der Waals surface area contributed by atoms with E-state index in [0.29, 0.717) is 6.42 Å². The van der Waals surface area contributed by atoms with Crippen LogP contribution in [0.15, 0.2) is 47.1 Å². The molecular formula is C21H20BrN5S. The maximum absolute atomic E-state index is 9.23. The first-order valence-corrected chi connectivity index (χ1v) is 10.9. The van der Waals surface area contributed by atoms with Gasteiger partial charge in [0.05, 0.1) is 23.4 Å². The van der Waals surface area contributed by atoms with Crippen molar-refractivity contribution in [3.05, 3.63) is 63.8 Å². The molecule has 0 fully saturated rings. The standard InChI is InChI=1S/C21H20BrN5S/c1-13-11-14(22)6-7-16(13)20-18-19(17-5-3-4-10-24-17)26-27(2)21(18)25-15(8-9-23)12-28-20/h3-7,10-11,15,20,25H,8,12H2,1-2H3. The molecule has 1 aliphatic rings. The molecule has 3 heterocycles. The largest absolute Gasteiger partial charge is 0.365 e. The summed E-state index contributed by atoms with van der Waals surface area (Å²) in [5.41, 5.74) is 5.38. The first kappa shape index (κ1) is 19.0. The van der Waals surface area contributed by atoms with Gasteiger partial charge in [-0.25, -0.2) is 0 Å². The summed E-state index contributed by atoms with van der Waals surface area (Å²) in [6.45, 7) is 2.14. The lowest BCUT2D eigenvalue weighted by Crippen LogP contribution is -2.22. The average molecular weight is 454 g/mol. The Morgan fingerprint density at radius 1 is 1.36 bits per heavy atom. The van der Waals surface area contributed by atoms with Gasteiger partial charge in [0.15, 0.2) is 0 Å². The molecule has 0 bridgehead atoms. The topological polar surface area (TPSA) is 66.5 Å². The van der Waals surface area contributed by atoms with Crippen LogP contribution in [0.3, 0.4) is 0 Å². The van der Waals surface area contributed by atoms with Crippen LogP contribution in [-0.4, -0.2) is 26.6 Å². The summed E-state index contributed by atoms with van der Waals surface area (Å²) < 4.78 is 2.96. The van der Waals surface area contributed by atoms with Crippen molar-refractivity contribution < 1.29 is 0 Å². The third kappa shape index (κ3) is 3.54. The Hall–Kier alpha value is -2.30. The minimum Gasteiger partial charge on any atom is -0.365 e. The van der Waals surface area contributed by atoms with Gasteiger partial charge in [0.1, 0.15) is 11.5 Å². The van der Waals surface area contributed by atoms with Crippen LogP contribution in [0.5, 0.6) is 0 Å². The zero-order valence-electron chi connectivity index (χ0n) is 15.7. The molecule has 3 aromatic rings. The molecule has 0 saturated heterocycles. The van der Waals surface area contributed by atoms with Gasteiger partial charge in [-0.05, 0) is 42.3 Å². The van der Waals surface area contributed by atoms with Crippen molar-refractivity contribution in [2.75, 3.05) is 11.1 Å². The molecule has 1 aromatic carbocycles. The number of benzene rings is 1. The number of nitrogens with one attached hydrogen (secondary N) is 1. The van der Waals surface area contributed by atoms with Crippen LogP contribution in [0.25, 0.3) is 11.4 Å². The van der Waals surface area contributed by atoms with Crippen LogP contribution in [0.1, 0.15) is 28.4 Å². The number of thioether (sulfide) groups is 1. The second-order valence-corrected chi connectivity index (χ2v) is 8.92. The summed E-state index contributed by atoms with van der Waals surface area (Å²) in [6, 6.07) is 14.7. The summed E-state index contributed by atoms with van der Waals surface area (Å²) in [5.74, 6) is 1.82. The zero-order chi connectivity index (χ0) is 19.7. The molecule has 1 N–H and O–H groups in total. The fourth-order valence-electron chi connectivity index (χ4n) is 3.58. The van der Waals surface area contributed by atoms with Crippen molar-refractivity contribution >= 4 is 33.5 Å². The van der Waals surface area contributed by atoms with E-state index in [2.05, 4.69) is 57.4 Å².